The molecule has 0 amide bonds. The van der Waals surface area contributed by atoms with Crippen molar-refractivity contribution in [2.24, 2.45) is 0 Å². The summed E-state index contributed by atoms with van der Waals surface area (Å²) in [5.74, 6) is 2.29. The topological polar surface area (TPSA) is 87.9 Å². The van der Waals surface area contributed by atoms with E-state index in [1.165, 1.54) is 0 Å². The number of furan rings is 1. The van der Waals surface area contributed by atoms with Crippen molar-refractivity contribution in [1.82, 2.24) is 4.98 Å². The van der Waals surface area contributed by atoms with Crippen LogP contribution >= 0.6 is 0 Å². The number of nitrogen functional groups attached to an aromatic ring is 1. The summed E-state index contributed by atoms with van der Waals surface area (Å²) in [5.41, 5.74) is 6.19. The first-order valence-electron chi connectivity index (χ1n) is 5.15. The standard InChI is InChI=1S/C12H12N4O/c1-8-2-3-9(17-8)7-15-12-5-4-10(14)11(6-13)16-12/h2-5H,7,14H2,1H3,(H,15,16). The van der Waals surface area contributed by atoms with Gasteiger partial charge >= 0.3 is 0 Å². The molecule has 0 fully saturated rings. The van der Waals surface area contributed by atoms with Crippen LogP contribution in [0.25, 0.3) is 0 Å². The fraction of sp³-hybridized carbons (Fsp3) is 0.167. The minimum atomic E-state index is 0.227. The molecular formula is C12H12N4O. The second-order valence-corrected chi connectivity index (χ2v) is 3.61. The van der Waals surface area contributed by atoms with Gasteiger partial charge in [-0.25, -0.2) is 4.98 Å². The molecule has 17 heavy (non-hydrogen) atoms. The third kappa shape index (κ3) is 2.55. The molecule has 2 heterocycles. The van der Waals surface area contributed by atoms with Gasteiger partial charge in [0.15, 0.2) is 5.69 Å². The van der Waals surface area contributed by atoms with Crippen LogP contribution in [0.4, 0.5) is 11.5 Å². The first-order chi connectivity index (χ1) is 8.19. The summed E-state index contributed by atoms with van der Waals surface area (Å²) < 4.78 is 5.41. The molecule has 0 saturated heterocycles. The van der Waals surface area contributed by atoms with E-state index in [4.69, 9.17) is 15.4 Å². The highest BCUT2D eigenvalue weighted by Crippen LogP contribution is 2.13. The Bertz CT molecular complexity index is 568. The molecule has 2 aromatic rings. The third-order valence-corrected chi connectivity index (χ3v) is 2.27. The Morgan fingerprint density at radius 2 is 2.24 bits per heavy atom. The van der Waals surface area contributed by atoms with Crippen LogP contribution in [0, 0.1) is 18.3 Å². The number of nitrogens with two attached hydrogens (primary N) is 1. The number of anilines is 2. The lowest BCUT2D eigenvalue weighted by atomic mass is 10.3. The van der Waals surface area contributed by atoms with Gasteiger partial charge in [-0.3, -0.25) is 0 Å². The Balaban J connectivity index is 2.07. The molecule has 2 rings (SSSR count). The second kappa shape index (κ2) is 4.58. The lowest BCUT2D eigenvalue weighted by Gasteiger charge is -2.04. The highest BCUT2D eigenvalue weighted by molar-refractivity contribution is 5.54. The fourth-order valence-electron chi connectivity index (χ4n) is 1.42. The second-order valence-electron chi connectivity index (χ2n) is 3.61. The van der Waals surface area contributed by atoms with E-state index in [2.05, 4.69) is 10.3 Å². The van der Waals surface area contributed by atoms with Gasteiger partial charge in [0.25, 0.3) is 0 Å². The minimum Gasteiger partial charge on any atom is -0.465 e. The van der Waals surface area contributed by atoms with Crippen LogP contribution in [-0.2, 0) is 6.54 Å². The molecule has 86 valence electrons. The van der Waals surface area contributed by atoms with Crippen LogP contribution in [0.5, 0.6) is 0 Å². The number of nitriles is 1. The van der Waals surface area contributed by atoms with Crippen molar-refractivity contribution in [3.05, 3.63) is 41.5 Å². The summed E-state index contributed by atoms with van der Waals surface area (Å²) in [4.78, 5) is 4.07. The van der Waals surface area contributed by atoms with E-state index in [0.717, 1.165) is 11.5 Å². The molecule has 0 unspecified atom stereocenters. The van der Waals surface area contributed by atoms with Gasteiger partial charge in [0, 0.05) is 0 Å². The smallest absolute Gasteiger partial charge is 0.165 e. The number of rotatable bonds is 3. The van der Waals surface area contributed by atoms with Gasteiger partial charge in [-0.15, -0.1) is 0 Å². The quantitative estimate of drug-likeness (QED) is 0.839. The zero-order valence-corrected chi connectivity index (χ0v) is 9.40. The molecule has 2 aromatic heterocycles. The van der Waals surface area contributed by atoms with Crippen molar-refractivity contribution in [3.63, 3.8) is 0 Å². The molecule has 0 aliphatic heterocycles. The Morgan fingerprint density at radius 3 is 2.88 bits per heavy atom. The maximum absolute atomic E-state index is 8.79. The van der Waals surface area contributed by atoms with Crippen molar-refractivity contribution in [1.29, 1.82) is 5.26 Å². The van der Waals surface area contributed by atoms with Crippen molar-refractivity contribution in [3.8, 4) is 6.07 Å². The average Bonchev–Trinajstić information content (AvgIpc) is 2.74. The first-order valence-corrected chi connectivity index (χ1v) is 5.15. The highest BCUT2D eigenvalue weighted by Gasteiger charge is 2.03. The predicted octanol–water partition coefficient (Wildman–Crippen LogP) is 2.05. The number of aryl methyl sites for hydroxylation is 1. The molecule has 0 radical (unpaired) electrons. The summed E-state index contributed by atoms with van der Waals surface area (Å²) in [6.07, 6.45) is 0. The van der Waals surface area contributed by atoms with Crippen molar-refractivity contribution in [2.45, 2.75) is 13.5 Å². The molecule has 0 aliphatic carbocycles. The number of nitrogens with one attached hydrogen (secondary N) is 1. The van der Waals surface area contributed by atoms with Gasteiger partial charge in [-0.05, 0) is 31.2 Å². The van der Waals surface area contributed by atoms with E-state index >= 15 is 0 Å². The summed E-state index contributed by atoms with van der Waals surface area (Å²) in [7, 11) is 0. The van der Waals surface area contributed by atoms with E-state index in [0.29, 0.717) is 18.1 Å². The molecule has 0 aromatic carbocycles. The maximum Gasteiger partial charge on any atom is 0.165 e. The van der Waals surface area contributed by atoms with E-state index in [9.17, 15) is 0 Å². The van der Waals surface area contributed by atoms with Crippen LogP contribution < -0.4 is 11.1 Å². The SMILES string of the molecule is Cc1ccc(CNc2ccc(N)c(C#N)n2)o1. The Labute approximate surface area is 98.9 Å². The average molecular weight is 228 g/mol. The molecule has 0 aliphatic rings. The molecular weight excluding hydrogens is 216 g/mol. The van der Waals surface area contributed by atoms with Gasteiger partial charge in [0.1, 0.15) is 23.4 Å². The minimum absolute atomic E-state index is 0.227. The van der Waals surface area contributed by atoms with E-state index in [1.54, 1.807) is 12.1 Å². The summed E-state index contributed by atoms with van der Waals surface area (Å²) in [6.45, 7) is 2.41. The first kappa shape index (κ1) is 11.0. The van der Waals surface area contributed by atoms with Crippen molar-refractivity contribution < 1.29 is 4.42 Å². The Kier molecular flexibility index (Phi) is 2.97. The van der Waals surface area contributed by atoms with Crippen LogP contribution in [0.1, 0.15) is 17.2 Å². The fourth-order valence-corrected chi connectivity index (χ4v) is 1.42. The molecule has 3 N–H and O–H groups in total. The summed E-state index contributed by atoms with van der Waals surface area (Å²) in [6, 6.07) is 9.11. The number of nitrogens with zero attached hydrogens (tertiary/aromatic N) is 2. The van der Waals surface area contributed by atoms with Crippen LogP contribution in [0.15, 0.2) is 28.7 Å². The van der Waals surface area contributed by atoms with E-state index < -0.39 is 0 Å². The van der Waals surface area contributed by atoms with Crippen molar-refractivity contribution in [2.75, 3.05) is 11.1 Å². The molecule has 5 heteroatoms. The van der Waals surface area contributed by atoms with Crippen LogP contribution in [-0.4, -0.2) is 4.98 Å². The lowest BCUT2D eigenvalue weighted by Crippen LogP contribution is -2.03. The van der Waals surface area contributed by atoms with Gasteiger partial charge < -0.3 is 15.5 Å². The Morgan fingerprint density at radius 1 is 1.41 bits per heavy atom. The van der Waals surface area contributed by atoms with E-state index in [1.807, 2.05) is 25.1 Å². The number of pyridine rings is 1. The zero-order valence-electron chi connectivity index (χ0n) is 9.40. The molecule has 0 bridgehead atoms. The van der Waals surface area contributed by atoms with Gasteiger partial charge in [0.05, 0.1) is 12.2 Å². The number of hydrogen-bond acceptors (Lipinski definition) is 5. The van der Waals surface area contributed by atoms with E-state index in [-0.39, 0.29) is 5.69 Å². The molecule has 0 atom stereocenters. The third-order valence-electron chi connectivity index (χ3n) is 2.27. The molecule has 5 nitrogen and oxygen atoms in total. The van der Waals surface area contributed by atoms with Crippen LogP contribution in [0.2, 0.25) is 0 Å². The van der Waals surface area contributed by atoms with Gasteiger partial charge in [-0.2, -0.15) is 5.26 Å². The monoisotopic (exact) mass is 228 g/mol. The molecule has 0 saturated carbocycles. The highest BCUT2D eigenvalue weighted by atomic mass is 16.3. The number of aromatic nitrogens is 1. The normalized spacial score (nSPS) is 9.88. The van der Waals surface area contributed by atoms with Crippen LogP contribution in [0.3, 0.4) is 0 Å². The Hall–Kier alpha value is -2.48. The van der Waals surface area contributed by atoms with Crippen molar-refractivity contribution >= 4 is 11.5 Å². The summed E-state index contributed by atoms with van der Waals surface area (Å²) in [5, 5.41) is 11.9. The molecule has 0 spiro atoms. The maximum atomic E-state index is 8.79. The largest absolute Gasteiger partial charge is 0.465 e. The predicted molar refractivity (Wildman–Crippen MR) is 64.1 cm³/mol. The zero-order chi connectivity index (χ0) is 12.3. The number of hydrogen-bond donors (Lipinski definition) is 2. The van der Waals surface area contributed by atoms with Gasteiger partial charge in [-0.1, -0.05) is 0 Å². The van der Waals surface area contributed by atoms with Gasteiger partial charge in [0.2, 0.25) is 0 Å². The summed E-state index contributed by atoms with van der Waals surface area (Å²) >= 11 is 0. The lowest BCUT2D eigenvalue weighted by molar-refractivity contribution is 0.490.